The Kier molecular flexibility index (Phi) is 2.46. The van der Waals surface area contributed by atoms with Crippen LogP contribution in [0.1, 0.15) is 18.5 Å². The lowest BCUT2D eigenvalue weighted by Gasteiger charge is -2.02. The number of ether oxygens (including phenoxy) is 1. The molecule has 3 nitrogen and oxygen atoms in total. The molecule has 0 unspecified atom stereocenters. The molecule has 0 bridgehead atoms. The topological polar surface area (TPSA) is 45.9 Å². The van der Waals surface area contributed by atoms with E-state index in [0.717, 1.165) is 18.6 Å². The predicted octanol–water partition coefficient (Wildman–Crippen LogP) is 2.13. The van der Waals surface area contributed by atoms with Crippen LogP contribution in [0, 0.1) is 11.3 Å². The third kappa shape index (κ3) is 1.60. The van der Waals surface area contributed by atoms with Gasteiger partial charge >= 0.3 is 0 Å². The van der Waals surface area contributed by atoms with E-state index in [0.29, 0.717) is 17.9 Å². The van der Waals surface area contributed by atoms with Gasteiger partial charge in [0.15, 0.2) is 0 Å². The number of allylic oxidation sites excluding steroid dienone is 2. The Labute approximate surface area is 82.7 Å². The highest BCUT2D eigenvalue weighted by atomic mass is 16.5. The Morgan fingerprint density at radius 3 is 3.00 bits per heavy atom. The van der Waals surface area contributed by atoms with E-state index in [9.17, 15) is 0 Å². The standard InChI is InChI=1S/C11H10N2O/c12-8-9(11-5-3-7-14-11)10-4-1-2-6-13-10/h1-2,4,6H,3,5,7H2. The fourth-order valence-corrected chi connectivity index (χ4v) is 1.47. The normalized spacial score (nSPS) is 18.5. The molecule has 0 amide bonds. The first-order valence-corrected chi connectivity index (χ1v) is 4.59. The fourth-order valence-electron chi connectivity index (χ4n) is 1.47. The van der Waals surface area contributed by atoms with Gasteiger partial charge in [0.1, 0.15) is 17.4 Å². The number of aromatic nitrogens is 1. The molecule has 0 aliphatic carbocycles. The Morgan fingerprint density at radius 2 is 2.43 bits per heavy atom. The number of hydrogen-bond acceptors (Lipinski definition) is 3. The van der Waals surface area contributed by atoms with Crippen LogP contribution in [-0.2, 0) is 4.74 Å². The Bertz CT molecular complexity index is 381. The first-order valence-electron chi connectivity index (χ1n) is 4.59. The van der Waals surface area contributed by atoms with E-state index in [-0.39, 0.29) is 0 Å². The molecule has 1 aromatic rings. The van der Waals surface area contributed by atoms with Crippen LogP contribution in [0.5, 0.6) is 0 Å². The van der Waals surface area contributed by atoms with Crippen molar-refractivity contribution in [2.45, 2.75) is 12.8 Å². The molecular formula is C11H10N2O. The third-order valence-electron chi connectivity index (χ3n) is 2.14. The molecule has 0 aromatic carbocycles. The van der Waals surface area contributed by atoms with Crippen LogP contribution >= 0.6 is 0 Å². The minimum Gasteiger partial charge on any atom is -0.496 e. The van der Waals surface area contributed by atoms with Crippen molar-refractivity contribution in [2.24, 2.45) is 0 Å². The SMILES string of the molecule is N#CC(=C1CCCO1)c1ccccn1. The van der Waals surface area contributed by atoms with Crippen molar-refractivity contribution in [3.63, 3.8) is 0 Å². The molecule has 14 heavy (non-hydrogen) atoms. The highest BCUT2D eigenvalue weighted by Gasteiger charge is 2.15. The highest BCUT2D eigenvalue weighted by Crippen LogP contribution is 2.25. The molecule has 0 radical (unpaired) electrons. The maximum Gasteiger partial charge on any atom is 0.116 e. The van der Waals surface area contributed by atoms with Crippen LogP contribution in [0.2, 0.25) is 0 Å². The summed E-state index contributed by atoms with van der Waals surface area (Å²) in [6.45, 7) is 0.716. The Hall–Kier alpha value is -1.82. The zero-order valence-corrected chi connectivity index (χ0v) is 7.73. The molecular weight excluding hydrogens is 176 g/mol. The van der Waals surface area contributed by atoms with Crippen LogP contribution in [-0.4, -0.2) is 11.6 Å². The molecule has 1 saturated heterocycles. The van der Waals surface area contributed by atoms with Crippen molar-refractivity contribution in [2.75, 3.05) is 6.61 Å². The molecule has 0 N–H and O–H groups in total. The van der Waals surface area contributed by atoms with E-state index in [1.54, 1.807) is 6.20 Å². The number of nitriles is 1. The van der Waals surface area contributed by atoms with Gasteiger partial charge in [-0.15, -0.1) is 0 Å². The molecule has 2 heterocycles. The second-order valence-corrected chi connectivity index (χ2v) is 3.08. The van der Waals surface area contributed by atoms with Gasteiger partial charge in [-0.3, -0.25) is 4.98 Å². The van der Waals surface area contributed by atoms with Crippen LogP contribution in [0.15, 0.2) is 30.2 Å². The molecule has 0 atom stereocenters. The average Bonchev–Trinajstić information content (AvgIpc) is 2.74. The summed E-state index contributed by atoms with van der Waals surface area (Å²) in [5, 5.41) is 9.01. The van der Waals surface area contributed by atoms with Gasteiger partial charge in [-0.1, -0.05) is 6.07 Å². The van der Waals surface area contributed by atoms with E-state index in [1.165, 1.54) is 0 Å². The van der Waals surface area contributed by atoms with Gasteiger partial charge in [0.25, 0.3) is 0 Å². The van der Waals surface area contributed by atoms with Crippen molar-refractivity contribution >= 4 is 5.57 Å². The molecule has 70 valence electrons. The predicted molar refractivity (Wildman–Crippen MR) is 52.0 cm³/mol. The van der Waals surface area contributed by atoms with Crippen LogP contribution in [0.25, 0.3) is 5.57 Å². The fraction of sp³-hybridized carbons (Fsp3) is 0.273. The van der Waals surface area contributed by atoms with Gasteiger partial charge in [-0.05, 0) is 18.6 Å². The summed E-state index contributed by atoms with van der Waals surface area (Å²) < 4.78 is 5.38. The summed E-state index contributed by atoms with van der Waals surface area (Å²) in [4.78, 5) is 4.13. The van der Waals surface area contributed by atoms with Crippen LogP contribution in [0.4, 0.5) is 0 Å². The van der Waals surface area contributed by atoms with Crippen LogP contribution < -0.4 is 0 Å². The van der Waals surface area contributed by atoms with Crippen molar-refractivity contribution in [3.05, 3.63) is 35.8 Å². The van der Waals surface area contributed by atoms with E-state index >= 15 is 0 Å². The first-order chi connectivity index (χ1) is 6.92. The van der Waals surface area contributed by atoms with E-state index in [2.05, 4.69) is 11.1 Å². The summed E-state index contributed by atoms with van der Waals surface area (Å²) in [6, 6.07) is 7.68. The second-order valence-electron chi connectivity index (χ2n) is 3.08. The zero-order valence-electron chi connectivity index (χ0n) is 7.73. The number of rotatable bonds is 1. The summed E-state index contributed by atoms with van der Waals surface area (Å²) in [5.74, 6) is 0.784. The van der Waals surface area contributed by atoms with E-state index in [1.807, 2.05) is 18.2 Å². The summed E-state index contributed by atoms with van der Waals surface area (Å²) >= 11 is 0. The molecule has 1 aliphatic rings. The monoisotopic (exact) mass is 186 g/mol. The third-order valence-corrected chi connectivity index (χ3v) is 2.14. The minimum atomic E-state index is 0.572. The molecule has 1 aromatic heterocycles. The quantitative estimate of drug-likeness (QED) is 0.631. The lowest BCUT2D eigenvalue weighted by molar-refractivity contribution is 0.265. The van der Waals surface area contributed by atoms with Crippen molar-refractivity contribution in [1.82, 2.24) is 4.98 Å². The maximum atomic E-state index is 9.01. The van der Waals surface area contributed by atoms with E-state index < -0.39 is 0 Å². The summed E-state index contributed by atoms with van der Waals surface area (Å²) in [7, 11) is 0. The van der Waals surface area contributed by atoms with E-state index in [4.69, 9.17) is 10.00 Å². The first kappa shape index (κ1) is 8.76. The van der Waals surface area contributed by atoms with Gasteiger partial charge in [0.05, 0.1) is 12.3 Å². The zero-order chi connectivity index (χ0) is 9.80. The Balaban J connectivity index is 2.40. The number of hydrogen-bond donors (Lipinski definition) is 0. The smallest absolute Gasteiger partial charge is 0.116 e. The van der Waals surface area contributed by atoms with Gasteiger partial charge < -0.3 is 4.74 Å². The van der Waals surface area contributed by atoms with Crippen molar-refractivity contribution in [3.8, 4) is 6.07 Å². The van der Waals surface area contributed by atoms with Gasteiger partial charge in [0, 0.05) is 12.6 Å². The van der Waals surface area contributed by atoms with Gasteiger partial charge in [-0.25, -0.2) is 0 Å². The van der Waals surface area contributed by atoms with Gasteiger partial charge in [-0.2, -0.15) is 5.26 Å². The van der Waals surface area contributed by atoms with Crippen LogP contribution in [0.3, 0.4) is 0 Å². The lowest BCUT2D eigenvalue weighted by Crippen LogP contribution is -1.91. The molecule has 1 aliphatic heterocycles. The Morgan fingerprint density at radius 1 is 1.50 bits per heavy atom. The molecule has 0 spiro atoms. The minimum absolute atomic E-state index is 0.572. The number of nitrogens with zero attached hydrogens (tertiary/aromatic N) is 2. The van der Waals surface area contributed by atoms with Crippen molar-refractivity contribution in [1.29, 1.82) is 5.26 Å². The lowest BCUT2D eigenvalue weighted by atomic mass is 10.1. The largest absolute Gasteiger partial charge is 0.496 e. The molecule has 3 heteroatoms. The molecule has 1 fully saturated rings. The number of pyridine rings is 1. The molecule has 0 saturated carbocycles. The summed E-state index contributed by atoms with van der Waals surface area (Å²) in [5.41, 5.74) is 1.27. The second kappa shape index (κ2) is 3.93. The average molecular weight is 186 g/mol. The van der Waals surface area contributed by atoms with Crippen molar-refractivity contribution < 1.29 is 4.74 Å². The summed E-state index contributed by atoms with van der Waals surface area (Å²) in [6.07, 6.45) is 3.52. The molecule has 2 rings (SSSR count). The highest BCUT2D eigenvalue weighted by molar-refractivity contribution is 5.76. The van der Waals surface area contributed by atoms with Gasteiger partial charge in [0.2, 0.25) is 0 Å². The maximum absolute atomic E-state index is 9.01.